The van der Waals surface area contributed by atoms with Crippen molar-refractivity contribution in [1.82, 2.24) is 20.3 Å². The first-order valence-electron chi connectivity index (χ1n) is 5.81. The van der Waals surface area contributed by atoms with Crippen LogP contribution in [-0.2, 0) is 0 Å². The second-order valence-corrected chi connectivity index (χ2v) is 5.23. The maximum atomic E-state index is 12.1. The highest BCUT2D eigenvalue weighted by Gasteiger charge is 2.17. The second-order valence-electron chi connectivity index (χ2n) is 3.97. The van der Waals surface area contributed by atoms with Gasteiger partial charge < -0.3 is 5.32 Å². The zero-order chi connectivity index (χ0) is 13.8. The first-order chi connectivity index (χ1) is 9.10. The number of aryl methyl sites for hydroxylation is 1. The van der Waals surface area contributed by atoms with Crippen LogP contribution >= 0.6 is 22.9 Å². The van der Waals surface area contributed by atoms with Gasteiger partial charge in [0.15, 0.2) is 0 Å². The van der Waals surface area contributed by atoms with E-state index >= 15 is 0 Å². The Morgan fingerprint density at radius 1 is 1.53 bits per heavy atom. The van der Waals surface area contributed by atoms with Crippen molar-refractivity contribution in [3.05, 3.63) is 39.3 Å². The van der Waals surface area contributed by atoms with Gasteiger partial charge in [-0.05, 0) is 31.0 Å². The number of aromatic nitrogens is 3. The Balaban J connectivity index is 2.15. The zero-order valence-electron chi connectivity index (χ0n) is 10.6. The molecule has 19 heavy (non-hydrogen) atoms. The Hall–Kier alpha value is -1.53. The highest BCUT2D eigenvalue weighted by molar-refractivity contribution is 7.09. The largest absolute Gasteiger partial charge is 0.341 e. The van der Waals surface area contributed by atoms with Crippen molar-refractivity contribution in [3.8, 4) is 0 Å². The number of hydrogen-bond donors (Lipinski definition) is 1. The van der Waals surface area contributed by atoms with Gasteiger partial charge in [-0.2, -0.15) is 0 Å². The number of hydrogen-bond acceptors (Lipinski definition) is 5. The van der Waals surface area contributed by atoms with E-state index in [1.807, 2.05) is 12.3 Å². The molecule has 1 N–H and O–H groups in total. The molecule has 2 aromatic rings. The van der Waals surface area contributed by atoms with E-state index in [0.717, 1.165) is 11.4 Å². The smallest absolute Gasteiger partial charge is 0.270 e. The first kappa shape index (κ1) is 13.9. The van der Waals surface area contributed by atoms with Gasteiger partial charge in [-0.15, -0.1) is 11.3 Å². The van der Waals surface area contributed by atoms with Crippen LogP contribution in [-0.4, -0.2) is 20.9 Å². The summed E-state index contributed by atoms with van der Waals surface area (Å²) in [6, 6.07) is 1.50. The Morgan fingerprint density at radius 3 is 2.89 bits per heavy atom. The van der Waals surface area contributed by atoms with Crippen LogP contribution in [0.1, 0.15) is 40.6 Å². The lowest BCUT2D eigenvalue weighted by Gasteiger charge is -2.14. The van der Waals surface area contributed by atoms with Crippen LogP contribution in [0.15, 0.2) is 17.6 Å². The molecule has 2 heterocycles. The molecule has 0 bridgehead atoms. The molecular formula is C12H13ClN4OS. The molecule has 0 aliphatic carbocycles. The fourth-order valence-electron chi connectivity index (χ4n) is 1.63. The molecule has 1 unspecified atom stereocenters. The van der Waals surface area contributed by atoms with Gasteiger partial charge in [0.2, 0.25) is 5.28 Å². The lowest BCUT2D eigenvalue weighted by atomic mass is 10.2. The minimum atomic E-state index is -0.269. The monoisotopic (exact) mass is 296 g/mol. The summed E-state index contributed by atoms with van der Waals surface area (Å²) in [7, 11) is 0. The van der Waals surface area contributed by atoms with Crippen molar-refractivity contribution in [3.63, 3.8) is 0 Å². The van der Waals surface area contributed by atoms with Crippen LogP contribution in [0.4, 0.5) is 0 Å². The fraction of sp³-hybridized carbons (Fsp3) is 0.333. The number of nitrogens with one attached hydrogen (secondary N) is 1. The Kier molecular flexibility index (Phi) is 4.44. The fourth-order valence-corrected chi connectivity index (χ4v) is 2.62. The van der Waals surface area contributed by atoms with Crippen LogP contribution in [0.2, 0.25) is 5.28 Å². The van der Waals surface area contributed by atoms with Gasteiger partial charge in [-0.25, -0.2) is 15.0 Å². The molecule has 0 aliphatic heterocycles. The second kappa shape index (κ2) is 6.08. The summed E-state index contributed by atoms with van der Waals surface area (Å²) in [6.45, 7) is 3.76. The predicted octanol–water partition coefficient (Wildman–Crippen LogP) is 2.78. The van der Waals surface area contributed by atoms with E-state index in [4.69, 9.17) is 11.6 Å². The minimum Gasteiger partial charge on any atom is -0.341 e. The molecule has 0 saturated carbocycles. The van der Waals surface area contributed by atoms with E-state index in [0.29, 0.717) is 5.69 Å². The van der Waals surface area contributed by atoms with Gasteiger partial charge in [0.1, 0.15) is 10.7 Å². The van der Waals surface area contributed by atoms with Crippen molar-refractivity contribution < 1.29 is 4.79 Å². The van der Waals surface area contributed by atoms with E-state index in [-0.39, 0.29) is 22.9 Å². The van der Waals surface area contributed by atoms with Gasteiger partial charge in [-0.1, -0.05) is 6.92 Å². The normalized spacial score (nSPS) is 12.2. The number of rotatable bonds is 4. The summed E-state index contributed by atoms with van der Waals surface area (Å²) < 4.78 is 0. The molecule has 0 fully saturated rings. The maximum Gasteiger partial charge on any atom is 0.270 e. The van der Waals surface area contributed by atoms with E-state index in [9.17, 15) is 4.79 Å². The Labute approximate surface area is 120 Å². The van der Waals surface area contributed by atoms with Crippen LogP contribution in [0.25, 0.3) is 0 Å². The van der Waals surface area contributed by atoms with E-state index in [1.54, 1.807) is 19.2 Å². The van der Waals surface area contributed by atoms with E-state index in [1.165, 1.54) is 11.3 Å². The molecule has 0 spiro atoms. The van der Waals surface area contributed by atoms with Crippen molar-refractivity contribution in [2.45, 2.75) is 26.3 Å². The molecular weight excluding hydrogens is 284 g/mol. The molecule has 0 aromatic carbocycles. The summed E-state index contributed by atoms with van der Waals surface area (Å²) in [6.07, 6.45) is 2.48. The third kappa shape index (κ3) is 3.48. The van der Waals surface area contributed by atoms with Crippen molar-refractivity contribution in [2.24, 2.45) is 0 Å². The average Bonchev–Trinajstić information content (AvgIpc) is 2.88. The lowest BCUT2D eigenvalue weighted by molar-refractivity contribution is 0.0930. The Morgan fingerprint density at radius 2 is 2.32 bits per heavy atom. The maximum absolute atomic E-state index is 12.1. The number of amides is 1. The SMILES string of the molecule is CCC(NC(=O)c1cc(C)nc(Cl)n1)c1nccs1. The minimum absolute atomic E-state index is 0.0763. The predicted molar refractivity (Wildman–Crippen MR) is 74.4 cm³/mol. The van der Waals surface area contributed by atoms with Gasteiger partial charge in [-0.3, -0.25) is 4.79 Å². The van der Waals surface area contributed by atoms with Crippen molar-refractivity contribution >= 4 is 28.8 Å². The molecule has 1 amide bonds. The number of halogens is 1. The zero-order valence-corrected chi connectivity index (χ0v) is 12.1. The molecule has 0 aliphatic rings. The number of thiazole rings is 1. The van der Waals surface area contributed by atoms with Crippen LogP contribution in [0.3, 0.4) is 0 Å². The van der Waals surface area contributed by atoms with E-state index < -0.39 is 0 Å². The number of carbonyl (C=O) groups is 1. The summed E-state index contributed by atoms with van der Waals surface area (Å²) in [5, 5.41) is 5.74. The molecule has 7 heteroatoms. The van der Waals surface area contributed by atoms with Crippen LogP contribution in [0.5, 0.6) is 0 Å². The quantitative estimate of drug-likeness (QED) is 0.881. The summed E-state index contributed by atoms with van der Waals surface area (Å²) in [5.74, 6) is -0.269. The summed E-state index contributed by atoms with van der Waals surface area (Å²) >= 11 is 7.27. The molecule has 2 rings (SSSR count). The van der Waals surface area contributed by atoms with Crippen LogP contribution < -0.4 is 5.32 Å². The number of carbonyl (C=O) groups excluding carboxylic acids is 1. The van der Waals surface area contributed by atoms with Crippen molar-refractivity contribution in [2.75, 3.05) is 0 Å². The van der Waals surface area contributed by atoms with E-state index in [2.05, 4.69) is 20.3 Å². The third-order valence-electron chi connectivity index (χ3n) is 2.52. The summed E-state index contributed by atoms with van der Waals surface area (Å²) in [4.78, 5) is 24.2. The standard InChI is InChI=1S/C12H13ClN4OS/c1-3-8(11-14-4-5-19-11)16-10(18)9-6-7(2)15-12(13)17-9/h4-6,8H,3H2,1-2H3,(H,16,18). The van der Waals surface area contributed by atoms with Gasteiger partial charge in [0, 0.05) is 17.3 Å². The highest BCUT2D eigenvalue weighted by Crippen LogP contribution is 2.19. The van der Waals surface area contributed by atoms with Gasteiger partial charge in [0.05, 0.1) is 6.04 Å². The molecule has 2 aromatic heterocycles. The third-order valence-corrected chi connectivity index (χ3v) is 3.58. The molecule has 100 valence electrons. The lowest BCUT2D eigenvalue weighted by Crippen LogP contribution is -2.29. The van der Waals surface area contributed by atoms with Crippen LogP contribution in [0, 0.1) is 6.92 Å². The highest BCUT2D eigenvalue weighted by atomic mass is 35.5. The summed E-state index contributed by atoms with van der Waals surface area (Å²) in [5.41, 5.74) is 0.931. The molecule has 0 saturated heterocycles. The number of nitrogens with zero attached hydrogens (tertiary/aromatic N) is 3. The Bertz CT molecular complexity index is 553. The van der Waals surface area contributed by atoms with Crippen molar-refractivity contribution in [1.29, 1.82) is 0 Å². The molecule has 5 nitrogen and oxygen atoms in total. The topological polar surface area (TPSA) is 67.8 Å². The van der Waals surface area contributed by atoms with Gasteiger partial charge >= 0.3 is 0 Å². The molecule has 0 radical (unpaired) electrons. The first-order valence-corrected chi connectivity index (χ1v) is 7.07. The molecule has 1 atom stereocenters. The average molecular weight is 297 g/mol. The van der Waals surface area contributed by atoms with Gasteiger partial charge in [0.25, 0.3) is 5.91 Å².